The number of hydrogen-bond acceptors (Lipinski definition) is 5. The summed E-state index contributed by atoms with van der Waals surface area (Å²) in [6.07, 6.45) is -3.82. The summed E-state index contributed by atoms with van der Waals surface area (Å²) in [5.41, 5.74) is -3.43. The van der Waals surface area contributed by atoms with Crippen molar-refractivity contribution >= 4 is 12.0 Å². The first kappa shape index (κ1) is 30.7. The number of likely N-dealkylation sites (tertiary alicyclic amines) is 2. The van der Waals surface area contributed by atoms with Crippen LogP contribution in [0.1, 0.15) is 57.1 Å². The number of benzene rings is 2. The lowest BCUT2D eigenvalue weighted by Crippen LogP contribution is -2.60. The molecule has 2 heterocycles. The van der Waals surface area contributed by atoms with E-state index in [4.69, 9.17) is 14.2 Å². The van der Waals surface area contributed by atoms with Gasteiger partial charge in [-0.1, -0.05) is 48.5 Å². The number of piperidine rings is 2. The molecule has 2 aliphatic rings. The molecular formula is C31H39F3N2O5. The standard InChI is InChI=1S/C31H39F3N2O5/c1-28(2,3)41-27(38)36-20-17-29(24(21-36)23-13-9-10-14-25(23)39-4)15-18-35(19-16-29)26(37)30(40-5,31(32,33)34)22-11-7-6-8-12-22/h6-14,24H,15-21H2,1-5H3/t24-,30+/m0/s1. The van der Waals surface area contributed by atoms with Gasteiger partial charge in [0.25, 0.3) is 11.5 Å². The van der Waals surface area contributed by atoms with Crippen LogP contribution in [0.25, 0.3) is 0 Å². The number of halogens is 3. The Morgan fingerprint density at radius 3 is 1.95 bits per heavy atom. The molecule has 2 fully saturated rings. The van der Waals surface area contributed by atoms with Crippen molar-refractivity contribution < 1.29 is 37.0 Å². The number of nitrogens with zero attached hydrogens (tertiary/aromatic N) is 2. The van der Waals surface area contributed by atoms with Crippen LogP contribution in [-0.4, -0.2) is 74.0 Å². The van der Waals surface area contributed by atoms with E-state index in [1.807, 2.05) is 45.0 Å². The molecule has 0 saturated carbocycles. The van der Waals surface area contributed by atoms with E-state index in [-0.39, 0.29) is 30.0 Å². The van der Waals surface area contributed by atoms with E-state index in [9.17, 15) is 22.8 Å². The minimum Gasteiger partial charge on any atom is -0.496 e. The molecule has 2 aliphatic heterocycles. The number of carbonyl (C=O) groups excluding carboxylic acids is 2. The second kappa shape index (κ2) is 11.5. The van der Waals surface area contributed by atoms with Crippen LogP contribution in [0.4, 0.5) is 18.0 Å². The lowest BCUT2D eigenvalue weighted by molar-refractivity contribution is -0.271. The summed E-state index contributed by atoms with van der Waals surface area (Å²) in [6, 6.07) is 14.7. The molecule has 2 atom stereocenters. The Balaban J connectivity index is 1.63. The van der Waals surface area contributed by atoms with Crippen molar-refractivity contribution in [1.29, 1.82) is 0 Å². The third kappa shape index (κ3) is 5.89. The number of para-hydroxylation sites is 1. The van der Waals surface area contributed by atoms with E-state index in [1.165, 1.54) is 29.2 Å². The Labute approximate surface area is 239 Å². The lowest BCUT2D eigenvalue weighted by atomic mass is 9.62. The van der Waals surface area contributed by atoms with Crippen LogP contribution < -0.4 is 4.74 Å². The molecule has 0 radical (unpaired) electrons. The molecular weight excluding hydrogens is 537 g/mol. The number of amides is 2. The third-order valence-electron chi connectivity index (χ3n) is 8.42. The predicted octanol–water partition coefficient (Wildman–Crippen LogP) is 6.13. The molecule has 7 nitrogen and oxygen atoms in total. The molecule has 2 aromatic rings. The van der Waals surface area contributed by atoms with E-state index in [1.54, 1.807) is 18.1 Å². The molecule has 2 aromatic carbocycles. The number of hydrogen-bond donors (Lipinski definition) is 0. The van der Waals surface area contributed by atoms with Crippen molar-refractivity contribution in [2.75, 3.05) is 40.4 Å². The lowest BCUT2D eigenvalue weighted by Gasteiger charge is -2.52. The fourth-order valence-electron chi connectivity index (χ4n) is 6.29. The van der Waals surface area contributed by atoms with E-state index < -0.39 is 29.4 Å². The number of ether oxygens (including phenoxy) is 3. The number of rotatable bonds is 5. The van der Waals surface area contributed by atoms with Gasteiger partial charge in [0.2, 0.25) is 0 Å². The van der Waals surface area contributed by atoms with Crippen LogP contribution in [-0.2, 0) is 19.9 Å². The highest BCUT2D eigenvalue weighted by molar-refractivity contribution is 5.88. The van der Waals surface area contributed by atoms with Crippen LogP contribution in [0.15, 0.2) is 54.6 Å². The topological polar surface area (TPSA) is 68.3 Å². The average molecular weight is 577 g/mol. The Hall–Kier alpha value is -3.27. The van der Waals surface area contributed by atoms with E-state index in [0.29, 0.717) is 38.1 Å². The van der Waals surface area contributed by atoms with E-state index >= 15 is 0 Å². The fourth-order valence-corrected chi connectivity index (χ4v) is 6.29. The Bertz CT molecular complexity index is 1220. The minimum absolute atomic E-state index is 0.130. The molecule has 4 rings (SSSR count). The molecule has 0 N–H and O–H groups in total. The molecule has 0 aliphatic carbocycles. The quantitative estimate of drug-likeness (QED) is 0.428. The first-order chi connectivity index (χ1) is 19.3. The van der Waals surface area contributed by atoms with Gasteiger partial charge in [0.1, 0.15) is 11.4 Å². The number of alkyl halides is 3. The van der Waals surface area contributed by atoms with Gasteiger partial charge < -0.3 is 24.0 Å². The Morgan fingerprint density at radius 2 is 1.41 bits per heavy atom. The summed E-state index contributed by atoms with van der Waals surface area (Å²) in [5, 5.41) is 0. The van der Waals surface area contributed by atoms with Crippen LogP contribution in [0.3, 0.4) is 0 Å². The number of carbonyl (C=O) groups is 2. The van der Waals surface area contributed by atoms with Gasteiger partial charge in [-0.25, -0.2) is 4.79 Å². The second-order valence-corrected chi connectivity index (χ2v) is 11.9. The number of methoxy groups -OCH3 is 2. The second-order valence-electron chi connectivity index (χ2n) is 11.9. The van der Waals surface area contributed by atoms with Crippen molar-refractivity contribution in [3.05, 3.63) is 65.7 Å². The highest BCUT2D eigenvalue weighted by Crippen LogP contribution is 2.53. The molecule has 1 spiro atoms. The molecule has 0 unspecified atom stereocenters. The summed E-state index contributed by atoms with van der Waals surface area (Å²) in [5.74, 6) is -0.601. The van der Waals surface area contributed by atoms with Crippen molar-refractivity contribution in [2.45, 2.75) is 63.3 Å². The van der Waals surface area contributed by atoms with E-state index in [2.05, 4.69) is 0 Å². The van der Waals surface area contributed by atoms with Gasteiger partial charge in [-0.3, -0.25) is 4.79 Å². The maximum absolute atomic E-state index is 14.6. The summed E-state index contributed by atoms with van der Waals surface area (Å²) < 4.78 is 60.1. The maximum atomic E-state index is 14.6. The summed E-state index contributed by atoms with van der Waals surface area (Å²) in [4.78, 5) is 29.7. The molecule has 2 amide bonds. The first-order valence-electron chi connectivity index (χ1n) is 13.9. The van der Waals surface area contributed by atoms with Gasteiger partial charge in [0, 0.05) is 44.8 Å². The van der Waals surface area contributed by atoms with Gasteiger partial charge in [-0.15, -0.1) is 0 Å². The van der Waals surface area contributed by atoms with Gasteiger partial charge in [-0.2, -0.15) is 13.2 Å². The van der Waals surface area contributed by atoms with Crippen molar-refractivity contribution in [2.24, 2.45) is 5.41 Å². The zero-order valence-corrected chi connectivity index (χ0v) is 24.3. The highest BCUT2D eigenvalue weighted by atomic mass is 19.4. The minimum atomic E-state index is -4.96. The highest BCUT2D eigenvalue weighted by Gasteiger charge is 2.64. The zero-order valence-electron chi connectivity index (χ0n) is 24.3. The molecule has 2 saturated heterocycles. The Morgan fingerprint density at radius 1 is 0.854 bits per heavy atom. The fraction of sp³-hybridized carbons (Fsp3) is 0.548. The monoisotopic (exact) mass is 576 g/mol. The van der Waals surface area contributed by atoms with Crippen molar-refractivity contribution in [3.63, 3.8) is 0 Å². The maximum Gasteiger partial charge on any atom is 0.430 e. The summed E-state index contributed by atoms with van der Waals surface area (Å²) in [7, 11) is 2.51. The van der Waals surface area contributed by atoms with Crippen LogP contribution >= 0.6 is 0 Å². The zero-order chi connectivity index (χ0) is 30.1. The first-order valence-corrected chi connectivity index (χ1v) is 13.9. The van der Waals surface area contributed by atoms with Gasteiger partial charge >= 0.3 is 12.3 Å². The molecule has 10 heteroatoms. The summed E-state index contributed by atoms with van der Waals surface area (Å²) >= 11 is 0. The average Bonchev–Trinajstić information content (AvgIpc) is 2.93. The Kier molecular flexibility index (Phi) is 8.64. The van der Waals surface area contributed by atoms with Gasteiger partial charge in [-0.05, 0) is 57.1 Å². The van der Waals surface area contributed by atoms with Crippen LogP contribution in [0.5, 0.6) is 5.75 Å². The summed E-state index contributed by atoms with van der Waals surface area (Å²) in [6.45, 7) is 6.53. The molecule has 224 valence electrons. The third-order valence-corrected chi connectivity index (χ3v) is 8.42. The predicted molar refractivity (Wildman–Crippen MR) is 148 cm³/mol. The van der Waals surface area contributed by atoms with Gasteiger partial charge in [0.15, 0.2) is 0 Å². The molecule has 0 aromatic heterocycles. The molecule has 41 heavy (non-hydrogen) atoms. The smallest absolute Gasteiger partial charge is 0.430 e. The van der Waals surface area contributed by atoms with E-state index in [0.717, 1.165) is 12.7 Å². The van der Waals surface area contributed by atoms with Crippen molar-refractivity contribution in [1.82, 2.24) is 9.80 Å². The largest absolute Gasteiger partial charge is 0.496 e. The SMILES string of the molecule is COc1ccccc1[C@@H]1CN(C(=O)OC(C)(C)C)CCC12CCN(C(=O)[C@](OC)(c1ccccc1)C(F)(F)F)CC2. The van der Waals surface area contributed by atoms with Crippen molar-refractivity contribution in [3.8, 4) is 5.75 Å². The van der Waals surface area contributed by atoms with Gasteiger partial charge in [0.05, 0.1) is 7.11 Å². The van der Waals surface area contributed by atoms with Crippen LogP contribution in [0.2, 0.25) is 0 Å². The molecule has 0 bridgehead atoms. The van der Waals surface area contributed by atoms with Crippen LogP contribution in [0, 0.1) is 5.41 Å². The normalized spacial score (nSPS) is 20.8.